The fraction of sp³-hybridized carbons (Fsp3) is 0.545. The molecule has 1 aromatic rings. The summed E-state index contributed by atoms with van der Waals surface area (Å²) in [5, 5.41) is 9.28. The van der Waals surface area contributed by atoms with Crippen LogP contribution in [0.1, 0.15) is 19.8 Å². The summed E-state index contributed by atoms with van der Waals surface area (Å²) >= 11 is 6.73. The summed E-state index contributed by atoms with van der Waals surface area (Å²) < 4.78 is 26.5. The van der Waals surface area contributed by atoms with E-state index in [1.807, 2.05) is 0 Å². The van der Waals surface area contributed by atoms with Gasteiger partial charge >= 0.3 is 5.97 Å². The van der Waals surface area contributed by atoms with Crippen LogP contribution in [0.25, 0.3) is 0 Å². The van der Waals surface area contributed by atoms with Crippen molar-refractivity contribution in [2.24, 2.45) is 5.41 Å². The molecule has 0 radical (unpaired) electrons. The summed E-state index contributed by atoms with van der Waals surface area (Å²) in [5.41, 5.74) is -0.964. The molecule has 1 fully saturated rings. The first-order valence-electron chi connectivity index (χ1n) is 5.81. The molecular weight excluding hydrogens is 310 g/mol. The molecule has 8 heteroatoms. The van der Waals surface area contributed by atoms with Gasteiger partial charge in [-0.05, 0) is 25.0 Å². The van der Waals surface area contributed by atoms with Crippen LogP contribution < -0.4 is 0 Å². The van der Waals surface area contributed by atoms with Crippen LogP contribution in [-0.4, -0.2) is 36.9 Å². The average molecular weight is 324 g/mol. The quantitative estimate of drug-likeness (QED) is 0.922. The molecule has 1 N–H and O–H groups in total. The lowest BCUT2D eigenvalue weighted by Crippen LogP contribution is -2.36. The summed E-state index contributed by atoms with van der Waals surface area (Å²) in [5.74, 6) is -0.933. The van der Waals surface area contributed by atoms with Crippen LogP contribution in [0.5, 0.6) is 0 Å². The van der Waals surface area contributed by atoms with Crippen molar-refractivity contribution in [3.8, 4) is 0 Å². The molecule has 106 valence electrons. The van der Waals surface area contributed by atoms with E-state index in [4.69, 9.17) is 11.6 Å². The van der Waals surface area contributed by atoms with Gasteiger partial charge in [0.1, 0.15) is 4.21 Å². The first-order valence-corrected chi connectivity index (χ1v) is 8.44. The zero-order chi connectivity index (χ0) is 14.3. The maximum absolute atomic E-state index is 12.4. The van der Waals surface area contributed by atoms with E-state index in [2.05, 4.69) is 0 Å². The molecule has 1 saturated heterocycles. The molecule has 1 aromatic heterocycles. The number of nitrogens with zero attached hydrogens (tertiary/aromatic N) is 1. The second-order valence-corrected chi connectivity index (χ2v) is 8.47. The van der Waals surface area contributed by atoms with Crippen LogP contribution >= 0.6 is 22.9 Å². The minimum absolute atomic E-state index is 0.0245. The second kappa shape index (κ2) is 5.05. The monoisotopic (exact) mass is 323 g/mol. The molecule has 0 aromatic carbocycles. The van der Waals surface area contributed by atoms with Gasteiger partial charge in [0, 0.05) is 13.1 Å². The van der Waals surface area contributed by atoms with Crippen molar-refractivity contribution in [2.45, 2.75) is 24.0 Å². The molecule has 5 nitrogen and oxygen atoms in total. The van der Waals surface area contributed by atoms with Crippen LogP contribution in [0.3, 0.4) is 0 Å². The molecule has 0 saturated carbocycles. The number of hydrogen-bond acceptors (Lipinski definition) is 4. The highest BCUT2D eigenvalue weighted by Crippen LogP contribution is 2.38. The van der Waals surface area contributed by atoms with Crippen molar-refractivity contribution in [3.05, 3.63) is 16.5 Å². The number of hydrogen-bond donors (Lipinski definition) is 1. The van der Waals surface area contributed by atoms with Gasteiger partial charge in [-0.3, -0.25) is 4.79 Å². The van der Waals surface area contributed by atoms with E-state index >= 15 is 0 Å². The van der Waals surface area contributed by atoms with Crippen molar-refractivity contribution in [1.82, 2.24) is 4.31 Å². The predicted molar refractivity (Wildman–Crippen MR) is 73.1 cm³/mol. The first kappa shape index (κ1) is 14.8. The minimum Gasteiger partial charge on any atom is -0.481 e. The van der Waals surface area contributed by atoms with Gasteiger partial charge < -0.3 is 5.11 Å². The Hall–Kier alpha value is -0.630. The Bertz CT molecular complexity index is 598. The third-order valence-electron chi connectivity index (χ3n) is 3.59. The van der Waals surface area contributed by atoms with Crippen LogP contribution in [-0.2, 0) is 14.8 Å². The van der Waals surface area contributed by atoms with Crippen LogP contribution in [0.4, 0.5) is 0 Å². The number of carbonyl (C=O) groups is 1. The second-order valence-electron chi connectivity index (χ2n) is 4.59. The molecule has 0 aliphatic carbocycles. The van der Waals surface area contributed by atoms with Gasteiger partial charge in [-0.25, -0.2) is 8.42 Å². The topological polar surface area (TPSA) is 74.7 Å². The highest BCUT2D eigenvalue weighted by Gasteiger charge is 2.47. The Morgan fingerprint density at radius 3 is 2.68 bits per heavy atom. The maximum atomic E-state index is 12.4. The van der Waals surface area contributed by atoms with Crippen LogP contribution in [0.15, 0.2) is 16.3 Å². The number of thiophene rings is 1. The molecule has 1 aliphatic rings. The molecule has 2 rings (SSSR count). The molecular formula is C11H14ClNO4S2. The Kier molecular flexibility index (Phi) is 3.92. The standard InChI is InChI=1S/C11H14ClNO4S2/c1-2-11(10(14)15)5-6-13(7-11)19(16,17)9-4-3-8(12)18-9/h3-4H,2,5-7H2,1H3,(H,14,15). The number of carboxylic acids is 1. The molecule has 1 aliphatic heterocycles. The first-order chi connectivity index (χ1) is 8.82. The molecule has 0 spiro atoms. The van der Waals surface area contributed by atoms with Crippen LogP contribution in [0, 0.1) is 5.41 Å². The third kappa shape index (κ3) is 2.52. The summed E-state index contributed by atoms with van der Waals surface area (Å²) in [6.07, 6.45) is 0.761. The maximum Gasteiger partial charge on any atom is 0.311 e. The Morgan fingerprint density at radius 2 is 2.26 bits per heavy atom. The van der Waals surface area contributed by atoms with E-state index in [-0.39, 0.29) is 17.3 Å². The van der Waals surface area contributed by atoms with E-state index in [9.17, 15) is 18.3 Å². The molecule has 1 unspecified atom stereocenters. The molecule has 0 bridgehead atoms. The van der Waals surface area contributed by atoms with Crippen molar-refractivity contribution in [3.63, 3.8) is 0 Å². The Morgan fingerprint density at radius 1 is 1.58 bits per heavy atom. The van der Waals surface area contributed by atoms with Gasteiger partial charge in [-0.1, -0.05) is 18.5 Å². The number of sulfonamides is 1. The highest BCUT2D eigenvalue weighted by atomic mass is 35.5. The average Bonchev–Trinajstić information content (AvgIpc) is 2.96. The van der Waals surface area contributed by atoms with Gasteiger partial charge in [-0.15, -0.1) is 11.3 Å². The van der Waals surface area contributed by atoms with Crippen molar-refractivity contribution in [1.29, 1.82) is 0 Å². The number of aliphatic carboxylic acids is 1. The fourth-order valence-electron chi connectivity index (χ4n) is 2.22. The van der Waals surface area contributed by atoms with Gasteiger partial charge in [0.25, 0.3) is 10.0 Å². The minimum atomic E-state index is -3.63. The Balaban J connectivity index is 2.28. The predicted octanol–water partition coefficient (Wildman–Crippen LogP) is 2.28. The van der Waals surface area contributed by atoms with E-state index in [1.54, 1.807) is 6.92 Å². The lowest BCUT2D eigenvalue weighted by Gasteiger charge is -2.22. The van der Waals surface area contributed by atoms with Gasteiger partial charge in [0.2, 0.25) is 0 Å². The molecule has 1 atom stereocenters. The lowest BCUT2D eigenvalue weighted by molar-refractivity contribution is -0.148. The molecule has 19 heavy (non-hydrogen) atoms. The van der Waals surface area contributed by atoms with Crippen molar-refractivity contribution >= 4 is 38.9 Å². The summed E-state index contributed by atoms with van der Waals surface area (Å²) in [7, 11) is -3.63. The summed E-state index contributed by atoms with van der Waals surface area (Å²) in [6.45, 7) is 2.03. The van der Waals surface area contributed by atoms with E-state index in [0.717, 1.165) is 11.3 Å². The number of halogens is 1. The highest BCUT2D eigenvalue weighted by molar-refractivity contribution is 7.91. The van der Waals surface area contributed by atoms with Gasteiger partial charge in [0.15, 0.2) is 0 Å². The fourth-order valence-corrected chi connectivity index (χ4v) is 5.38. The zero-order valence-corrected chi connectivity index (χ0v) is 12.7. The normalized spacial score (nSPS) is 24.7. The molecule has 2 heterocycles. The Labute approximate surface area is 120 Å². The van der Waals surface area contributed by atoms with Crippen molar-refractivity contribution in [2.75, 3.05) is 13.1 Å². The van der Waals surface area contributed by atoms with E-state index < -0.39 is 21.4 Å². The summed E-state index contributed by atoms with van der Waals surface area (Å²) in [6, 6.07) is 2.98. The van der Waals surface area contributed by atoms with Crippen molar-refractivity contribution < 1.29 is 18.3 Å². The summed E-state index contributed by atoms with van der Waals surface area (Å²) in [4.78, 5) is 11.3. The third-order valence-corrected chi connectivity index (χ3v) is 7.14. The van der Waals surface area contributed by atoms with E-state index in [1.165, 1.54) is 16.4 Å². The lowest BCUT2D eigenvalue weighted by atomic mass is 9.85. The SMILES string of the molecule is CCC1(C(=O)O)CCN(S(=O)(=O)c2ccc(Cl)s2)C1. The van der Waals surface area contributed by atoms with Gasteiger partial charge in [-0.2, -0.15) is 4.31 Å². The molecule has 0 amide bonds. The number of carboxylic acid groups (broad SMARTS) is 1. The van der Waals surface area contributed by atoms with Gasteiger partial charge in [0.05, 0.1) is 9.75 Å². The van der Waals surface area contributed by atoms with Crippen LogP contribution in [0.2, 0.25) is 4.34 Å². The smallest absolute Gasteiger partial charge is 0.311 e. The van der Waals surface area contributed by atoms with E-state index in [0.29, 0.717) is 17.2 Å². The number of rotatable bonds is 4. The largest absolute Gasteiger partial charge is 0.481 e. The zero-order valence-electron chi connectivity index (χ0n) is 10.3.